The third-order valence-corrected chi connectivity index (χ3v) is 5.35. The van der Waals surface area contributed by atoms with E-state index in [1.807, 2.05) is 6.92 Å². The summed E-state index contributed by atoms with van der Waals surface area (Å²) in [7, 11) is 0. The molecule has 160 valence electrons. The zero-order valence-electron chi connectivity index (χ0n) is 17.2. The molecule has 0 bridgehead atoms. The fraction of sp³-hybridized carbons (Fsp3) is 0.550. The highest BCUT2D eigenvalue weighted by molar-refractivity contribution is 5.75. The van der Waals surface area contributed by atoms with Crippen LogP contribution in [0.5, 0.6) is 5.88 Å². The first-order chi connectivity index (χ1) is 14.5. The summed E-state index contributed by atoms with van der Waals surface area (Å²) < 4.78 is 11.7. The summed E-state index contributed by atoms with van der Waals surface area (Å²) in [4.78, 5) is 31.2. The quantitative estimate of drug-likeness (QED) is 0.717. The number of rotatable bonds is 6. The van der Waals surface area contributed by atoms with Gasteiger partial charge >= 0.3 is 0 Å². The molecule has 1 saturated carbocycles. The van der Waals surface area contributed by atoms with E-state index in [2.05, 4.69) is 32.1 Å². The number of morpholine rings is 1. The van der Waals surface area contributed by atoms with Crippen molar-refractivity contribution in [3.63, 3.8) is 0 Å². The molecule has 3 N–H and O–H groups in total. The van der Waals surface area contributed by atoms with E-state index in [9.17, 15) is 4.79 Å². The molecule has 0 spiro atoms. The molecular weight excluding hydrogens is 386 g/mol. The average Bonchev–Trinajstić information content (AvgIpc) is 2.72. The van der Waals surface area contributed by atoms with E-state index < -0.39 is 0 Å². The predicted octanol–water partition coefficient (Wildman–Crippen LogP) is 1.18. The first kappa shape index (κ1) is 20.3. The molecule has 10 nitrogen and oxygen atoms in total. The standard InChI is InChI=1S/C20H27N7O3/c1-3-17(28)24-14-6-15(7-14)30-18-8-16(13-9-22-19(21)23-10-13)25-20(26-18)27-4-5-29-11-12(27)2/h8-10,12,14-15H,3-7,11H2,1-2H3,(H,24,28)(H2,21,22,23)/t12-,14-,15-/m0/s1. The Morgan fingerprint density at radius 2 is 2.10 bits per heavy atom. The Morgan fingerprint density at radius 3 is 2.80 bits per heavy atom. The van der Waals surface area contributed by atoms with Crippen LogP contribution in [0.4, 0.5) is 11.9 Å². The molecule has 0 radical (unpaired) electrons. The van der Waals surface area contributed by atoms with Crippen LogP contribution in [0, 0.1) is 0 Å². The monoisotopic (exact) mass is 413 g/mol. The molecule has 2 aliphatic rings. The number of ether oxygens (including phenoxy) is 2. The number of carbonyl (C=O) groups is 1. The molecule has 1 aliphatic carbocycles. The Kier molecular flexibility index (Phi) is 5.93. The van der Waals surface area contributed by atoms with Crippen LogP contribution in [0.15, 0.2) is 18.5 Å². The summed E-state index contributed by atoms with van der Waals surface area (Å²) in [6, 6.07) is 2.11. The van der Waals surface area contributed by atoms with E-state index in [-0.39, 0.29) is 30.0 Å². The molecule has 0 aromatic carbocycles. The number of nitrogen functional groups attached to an aromatic ring is 1. The molecule has 1 saturated heterocycles. The smallest absolute Gasteiger partial charge is 0.229 e. The van der Waals surface area contributed by atoms with Gasteiger partial charge < -0.3 is 25.4 Å². The van der Waals surface area contributed by atoms with E-state index in [0.29, 0.717) is 43.7 Å². The minimum absolute atomic E-state index is 0.00698. The van der Waals surface area contributed by atoms with E-state index in [4.69, 9.17) is 20.2 Å². The summed E-state index contributed by atoms with van der Waals surface area (Å²) in [5, 5.41) is 2.99. The molecule has 1 atom stereocenters. The van der Waals surface area contributed by atoms with Gasteiger partial charge in [-0.15, -0.1) is 0 Å². The van der Waals surface area contributed by atoms with Gasteiger partial charge in [0.1, 0.15) is 6.10 Å². The van der Waals surface area contributed by atoms with E-state index in [0.717, 1.165) is 18.4 Å². The van der Waals surface area contributed by atoms with Crippen molar-refractivity contribution < 1.29 is 14.3 Å². The van der Waals surface area contributed by atoms with Gasteiger partial charge in [-0.25, -0.2) is 15.0 Å². The number of carbonyl (C=O) groups excluding carboxylic acids is 1. The van der Waals surface area contributed by atoms with Gasteiger partial charge in [0.15, 0.2) is 0 Å². The second-order valence-electron chi connectivity index (χ2n) is 7.67. The van der Waals surface area contributed by atoms with Crippen molar-refractivity contribution in [3.05, 3.63) is 18.5 Å². The lowest BCUT2D eigenvalue weighted by Gasteiger charge is -2.36. The highest BCUT2D eigenvalue weighted by Crippen LogP contribution is 2.29. The number of nitrogens with zero attached hydrogens (tertiary/aromatic N) is 5. The van der Waals surface area contributed by atoms with Crippen molar-refractivity contribution in [2.24, 2.45) is 0 Å². The molecule has 2 aromatic heterocycles. The normalized spacial score (nSPS) is 23.5. The van der Waals surface area contributed by atoms with Gasteiger partial charge in [0, 0.05) is 55.9 Å². The van der Waals surface area contributed by atoms with Crippen LogP contribution in [0.3, 0.4) is 0 Å². The van der Waals surface area contributed by atoms with Gasteiger partial charge in [-0.05, 0) is 6.92 Å². The van der Waals surface area contributed by atoms with Gasteiger partial charge in [0.2, 0.25) is 23.7 Å². The summed E-state index contributed by atoms with van der Waals surface area (Å²) in [5.74, 6) is 1.36. The number of aromatic nitrogens is 4. The minimum Gasteiger partial charge on any atom is -0.474 e. The number of anilines is 2. The van der Waals surface area contributed by atoms with Gasteiger partial charge in [-0.3, -0.25) is 4.79 Å². The largest absolute Gasteiger partial charge is 0.474 e. The van der Waals surface area contributed by atoms with Gasteiger partial charge in [0.05, 0.1) is 24.9 Å². The van der Waals surface area contributed by atoms with Gasteiger partial charge in [0.25, 0.3) is 0 Å². The summed E-state index contributed by atoms with van der Waals surface area (Å²) in [5.41, 5.74) is 7.02. The predicted molar refractivity (Wildman–Crippen MR) is 111 cm³/mol. The van der Waals surface area contributed by atoms with Crippen LogP contribution < -0.4 is 20.7 Å². The lowest BCUT2D eigenvalue weighted by Crippen LogP contribution is -2.49. The molecular formula is C20H27N7O3. The first-order valence-corrected chi connectivity index (χ1v) is 10.3. The Hall–Kier alpha value is -3.01. The van der Waals surface area contributed by atoms with E-state index >= 15 is 0 Å². The molecule has 2 fully saturated rings. The molecule has 1 amide bonds. The molecule has 4 rings (SSSR count). The number of nitrogens with two attached hydrogens (primary N) is 1. The maximum atomic E-state index is 11.5. The Morgan fingerprint density at radius 1 is 1.33 bits per heavy atom. The lowest BCUT2D eigenvalue weighted by atomic mass is 9.89. The second kappa shape index (κ2) is 8.78. The summed E-state index contributed by atoms with van der Waals surface area (Å²) in [6.07, 6.45) is 5.30. The fourth-order valence-electron chi connectivity index (χ4n) is 3.52. The number of amides is 1. The van der Waals surface area contributed by atoms with Crippen LogP contribution in [0.2, 0.25) is 0 Å². The van der Waals surface area contributed by atoms with Crippen molar-refractivity contribution in [1.82, 2.24) is 25.3 Å². The van der Waals surface area contributed by atoms with Crippen molar-refractivity contribution >= 4 is 17.8 Å². The number of nitrogens with one attached hydrogen (secondary N) is 1. The minimum atomic E-state index is 0.00698. The van der Waals surface area contributed by atoms with Crippen LogP contribution in [-0.2, 0) is 9.53 Å². The molecule has 3 heterocycles. The van der Waals surface area contributed by atoms with E-state index in [1.165, 1.54) is 0 Å². The fourth-order valence-corrected chi connectivity index (χ4v) is 3.52. The van der Waals surface area contributed by atoms with Crippen LogP contribution >= 0.6 is 0 Å². The first-order valence-electron chi connectivity index (χ1n) is 10.3. The topological polar surface area (TPSA) is 128 Å². The average molecular weight is 413 g/mol. The highest BCUT2D eigenvalue weighted by Gasteiger charge is 2.32. The molecule has 10 heteroatoms. The van der Waals surface area contributed by atoms with Crippen LogP contribution in [-0.4, -0.2) is 63.8 Å². The molecule has 1 aliphatic heterocycles. The SMILES string of the molecule is CCC(=O)N[C@H]1C[C@H](Oc2cc(-c3cnc(N)nc3)nc(N3CCOC[C@@H]3C)n2)C1. The van der Waals surface area contributed by atoms with Crippen molar-refractivity contribution in [2.45, 2.75) is 51.3 Å². The zero-order valence-corrected chi connectivity index (χ0v) is 17.2. The Labute approximate surface area is 175 Å². The Bertz CT molecular complexity index is 886. The third-order valence-electron chi connectivity index (χ3n) is 5.35. The highest BCUT2D eigenvalue weighted by atomic mass is 16.5. The van der Waals surface area contributed by atoms with Crippen LogP contribution in [0.25, 0.3) is 11.3 Å². The number of hydrogen-bond donors (Lipinski definition) is 2. The Balaban J connectivity index is 1.55. The van der Waals surface area contributed by atoms with E-state index in [1.54, 1.807) is 18.5 Å². The van der Waals surface area contributed by atoms with Crippen LogP contribution in [0.1, 0.15) is 33.1 Å². The third kappa shape index (κ3) is 4.59. The van der Waals surface area contributed by atoms with Gasteiger partial charge in [-0.1, -0.05) is 6.92 Å². The maximum absolute atomic E-state index is 11.5. The lowest BCUT2D eigenvalue weighted by molar-refractivity contribution is -0.122. The molecule has 2 aromatic rings. The van der Waals surface area contributed by atoms with Crippen molar-refractivity contribution in [2.75, 3.05) is 30.4 Å². The molecule has 30 heavy (non-hydrogen) atoms. The number of hydrogen-bond acceptors (Lipinski definition) is 9. The van der Waals surface area contributed by atoms with Gasteiger partial charge in [-0.2, -0.15) is 4.98 Å². The second-order valence-corrected chi connectivity index (χ2v) is 7.67. The van der Waals surface area contributed by atoms with Crippen molar-refractivity contribution in [1.29, 1.82) is 0 Å². The van der Waals surface area contributed by atoms with Crippen molar-refractivity contribution in [3.8, 4) is 17.1 Å². The summed E-state index contributed by atoms with van der Waals surface area (Å²) >= 11 is 0. The molecule has 0 unspecified atom stereocenters. The maximum Gasteiger partial charge on any atom is 0.229 e. The summed E-state index contributed by atoms with van der Waals surface area (Å²) in [6.45, 7) is 5.88. The zero-order chi connectivity index (χ0) is 21.1.